The molecule has 1 aromatic heterocycles. The number of carbonyl (C=O) groups is 2. The van der Waals surface area contributed by atoms with E-state index in [1.807, 2.05) is 6.07 Å². The van der Waals surface area contributed by atoms with Crippen LogP contribution in [0.2, 0.25) is 0 Å². The van der Waals surface area contributed by atoms with E-state index in [4.69, 9.17) is 4.74 Å². The summed E-state index contributed by atoms with van der Waals surface area (Å²) in [6.07, 6.45) is 5.75. The van der Waals surface area contributed by atoms with Gasteiger partial charge in [-0.1, -0.05) is 6.42 Å². The zero-order valence-electron chi connectivity index (χ0n) is 15.4. The summed E-state index contributed by atoms with van der Waals surface area (Å²) in [5.74, 6) is 0.258. The van der Waals surface area contributed by atoms with Crippen molar-refractivity contribution in [3.63, 3.8) is 0 Å². The molecule has 0 saturated heterocycles. The smallest absolute Gasteiger partial charge is 0.265 e. The standard InChI is InChI=1S/C20H24N2O3S/c1-22(2)20(24)14-9-10-16(25-3)15(11-14)21-19(23)18-12-13-7-5-4-6-8-17(13)26-18/h9-12H,4-8H2,1-3H3,(H,21,23). The van der Waals surface area contributed by atoms with Crippen molar-refractivity contribution in [3.8, 4) is 5.75 Å². The van der Waals surface area contributed by atoms with Crippen LogP contribution in [0.3, 0.4) is 0 Å². The maximum atomic E-state index is 12.7. The van der Waals surface area contributed by atoms with Crippen LogP contribution in [-0.4, -0.2) is 37.9 Å². The average Bonchev–Trinajstić information content (AvgIpc) is 2.91. The summed E-state index contributed by atoms with van der Waals surface area (Å²) in [5, 5.41) is 2.91. The summed E-state index contributed by atoms with van der Waals surface area (Å²) >= 11 is 1.58. The lowest BCUT2D eigenvalue weighted by Gasteiger charge is -2.14. The highest BCUT2D eigenvalue weighted by atomic mass is 32.1. The third-order valence-electron chi connectivity index (χ3n) is 4.57. The van der Waals surface area contributed by atoms with Crippen molar-refractivity contribution >= 4 is 28.8 Å². The first-order valence-electron chi connectivity index (χ1n) is 8.82. The Kier molecular flexibility index (Phi) is 5.61. The van der Waals surface area contributed by atoms with Crippen molar-refractivity contribution < 1.29 is 14.3 Å². The van der Waals surface area contributed by atoms with Gasteiger partial charge in [-0.15, -0.1) is 11.3 Å². The van der Waals surface area contributed by atoms with Gasteiger partial charge in [-0.2, -0.15) is 0 Å². The molecule has 1 heterocycles. The first-order chi connectivity index (χ1) is 12.5. The molecule has 26 heavy (non-hydrogen) atoms. The Labute approximate surface area is 158 Å². The zero-order chi connectivity index (χ0) is 18.7. The van der Waals surface area contributed by atoms with E-state index in [2.05, 4.69) is 5.32 Å². The number of hydrogen-bond donors (Lipinski definition) is 1. The number of nitrogens with zero attached hydrogens (tertiary/aromatic N) is 1. The molecule has 0 atom stereocenters. The van der Waals surface area contributed by atoms with Gasteiger partial charge in [0.15, 0.2) is 0 Å². The van der Waals surface area contributed by atoms with Crippen molar-refractivity contribution in [1.82, 2.24) is 4.90 Å². The first-order valence-corrected chi connectivity index (χ1v) is 9.64. The molecule has 0 radical (unpaired) electrons. The van der Waals surface area contributed by atoms with Crippen LogP contribution in [0, 0.1) is 0 Å². The summed E-state index contributed by atoms with van der Waals surface area (Å²) in [6.45, 7) is 0. The molecular weight excluding hydrogens is 348 g/mol. The number of carbonyl (C=O) groups excluding carboxylic acids is 2. The van der Waals surface area contributed by atoms with Crippen LogP contribution in [0.15, 0.2) is 24.3 Å². The van der Waals surface area contributed by atoms with E-state index in [9.17, 15) is 9.59 Å². The maximum absolute atomic E-state index is 12.7. The molecule has 0 unspecified atom stereocenters. The molecule has 1 N–H and O–H groups in total. The normalized spacial score (nSPS) is 13.5. The quantitative estimate of drug-likeness (QED) is 0.826. The Bertz CT molecular complexity index is 803. The van der Waals surface area contributed by atoms with E-state index < -0.39 is 0 Å². The Hall–Kier alpha value is -2.34. The van der Waals surface area contributed by atoms with Crippen LogP contribution >= 0.6 is 11.3 Å². The molecule has 0 fully saturated rings. The SMILES string of the molecule is COc1ccc(C(=O)N(C)C)cc1NC(=O)c1cc2c(s1)CCCCC2. The highest BCUT2D eigenvalue weighted by Gasteiger charge is 2.19. The first kappa shape index (κ1) is 18.5. The van der Waals surface area contributed by atoms with E-state index in [0.29, 0.717) is 21.9 Å². The minimum Gasteiger partial charge on any atom is -0.495 e. The lowest BCUT2D eigenvalue weighted by molar-refractivity contribution is 0.0827. The van der Waals surface area contributed by atoms with Gasteiger partial charge in [0.2, 0.25) is 0 Å². The number of thiophene rings is 1. The van der Waals surface area contributed by atoms with E-state index in [0.717, 1.165) is 12.8 Å². The number of fused-ring (bicyclic) bond motifs is 1. The Balaban J connectivity index is 1.84. The molecule has 5 nitrogen and oxygen atoms in total. The summed E-state index contributed by atoms with van der Waals surface area (Å²) in [7, 11) is 4.94. The molecule has 2 amide bonds. The van der Waals surface area contributed by atoms with Crippen LogP contribution in [0.4, 0.5) is 5.69 Å². The maximum Gasteiger partial charge on any atom is 0.265 e. The van der Waals surface area contributed by atoms with Crippen LogP contribution in [0.5, 0.6) is 5.75 Å². The number of nitrogens with one attached hydrogen (secondary N) is 1. The molecule has 0 spiro atoms. The predicted octanol–water partition coefficient (Wildman–Crippen LogP) is 3.98. The molecular formula is C20H24N2O3S. The molecule has 0 bridgehead atoms. The minimum atomic E-state index is -0.157. The Morgan fingerprint density at radius 3 is 2.62 bits per heavy atom. The molecule has 2 aromatic rings. The summed E-state index contributed by atoms with van der Waals surface area (Å²) in [5.41, 5.74) is 2.32. The lowest BCUT2D eigenvalue weighted by Crippen LogP contribution is -2.22. The zero-order valence-corrected chi connectivity index (χ0v) is 16.2. The predicted molar refractivity (Wildman–Crippen MR) is 105 cm³/mol. The molecule has 6 heteroatoms. The minimum absolute atomic E-state index is 0.119. The fourth-order valence-corrected chi connectivity index (χ4v) is 4.31. The number of amides is 2. The molecule has 138 valence electrons. The van der Waals surface area contributed by atoms with E-state index in [1.54, 1.807) is 50.7 Å². The van der Waals surface area contributed by atoms with E-state index >= 15 is 0 Å². The van der Waals surface area contributed by atoms with Crippen molar-refractivity contribution in [1.29, 1.82) is 0 Å². The summed E-state index contributed by atoms with van der Waals surface area (Å²) < 4.78 is 5.34. The number of benzene rings is 1. The molecule has 1 aliphatic carbocycles. The molecule has 0 aliphatic heterocycles. The van der Waals surface area contributed by atoms with Crippen molar-refractivity contribution in [2.24, 2.45) is 0 Å². The van der Waals surface area contributed by atoms with Crippen LogP contribution in [0.1, 0.15) is 49.7 Å². The average molecular weight is 372 g/mol. The largest absolute Gasteiger partial charge is 0.495 e. The number of methoxy groups -OCH3 is 1. The van der Waals surface area contributed by atoms with Gasteiger partial charge in [-0.05, 0) is 55.5 Å². The fraction of sp³-hybridized carbons (Fsp3) is 0.400. The molecule has 1 aromatic carbocycles. The van der Waals surface area contributed by atoms with Crippen LogP contribution in [0.25, 0.3) is 0 Å². The number of aryl methyl sites for hydroxylation is 2. The number of rotatable bonds is 4. The fourth-order valence-electron chi connectivity index (χ4n) is 3.16. The second-order valence-electron chi connectivity index (χ2n) is 6.69. The lowest BCUT2D eigenvalue weighted by atomic mass is 10.1. The number of ether oxygens (including phenoxy) is 1. The Morgan fingerprint density at radius 2 is 1.88 bits per heavy atom. The van der Waals surface area contributed by atoms with Crippen LogP contribution in [-0.2, 0) is 12.8 Å². The van der Waals surface area contributed by atoms with Gasteiger partial charge in [-0.3, -0.25) is 9.59 Å². The molecule has 1 aliphatic rings. The monoisotopic (exact) mass is 372 g/mol. The van der Waals surface area contributed by atoms with Gasteiger partial charge >= 0.3 is 0 Å². The van der Waals surface area contributed by atoms with Crippen molar-refractivity contribution in [2.45, 2.75) is 32.1 Å². The third-order valence-corrected chi connectivity index (χ3v) is 5.81. The third kappa shape index (κ3) is 3.90. The highest BCUT2D eigenvalue weighted by molar-refractivity contribution is 7.14. The van der Waals surface area contributed by atoms with Gasteiger partial charge in [0, 0.05) is 24.5 Å². The second-order valence-corrected chi connectivity index (χ2v) is 7.83. The van der Waals surface area contributed by atoms with Gasteiger partial charge in [0.1, 0.15) is 5.75 Å². The summed E-state index contributed by atoms with van der Waals surface area (Å²) in [6, 6.07) is 7.08. The van der Waals surface area contributed by atoms with Crippen LogP contribution < -0.4 is 10.1 Å². The van der Waals surface area contributed by atoms with Crippen molar-refractivity contribution in [2.75, 3.05) is 26.5 Å². The molecule has 0 saturated carbocycles. The van der Waals surface area contributed by atoms with Gasteiger partial charge in [-0.25, -0.2) is 0 Å². The van der Waals surface area contributed by atoms with Gasteiger partial charge in [0.05, 0.1) is 17.7 Å². The van der Waals surface area contributed by atoms with Gasteiger partial charge in [0.25, 0.3) is 11.8 Å². The highest BCUT2D eigenvalue weighted by Crippen LogP contribution is 2.31. The topological polar surface area (TPSA) is 58.6 Å². The Morgan fingerprint density at radius 1 is 1.12 bits per heavy atom. The molecule has 3 rings (SSSR count). The number of hydrogen-bond acceptors (Lipinski definition) is 4. The van der Waals surface area contributed by atoms with E-state index in [-0.39, 0.29) is 11.8 Å². The second kappa shape index (κ2) is 7.91. The summed E-state index contributed by atoms with van der Waals surface area (Å²) in [4.78, 5) is 28.5. The van der Waals surface area contributed by atoms with Crippen molar-refractivity contribution in [3.05, 3.63) is 45.1 Å². The van der Waals surface area contributed by atoms with E-state index in [1.165, 1.54) is 34.6 Å². The van der Waals surface area contributed by atoms with Gasteiger partial charge < -0.3 is 15.0 Å². The number of anilines is 1.